The topological polar surface area (TPSA) is 45.5 Å². The Hall–Kier alpha value is -2.30. The molecule has 1 N–H and O–H groups in total. The molecule has 2 heterocycles. The van der Waals surface area contributed by atoms with Gasteiger partial charge in [-0.15, -0.1) is 0 Å². The molecule has 1 aliphatic rings. The third-order valence-corrected chi connectivity index (χ3v) is 5.90. The van der Waals surface area contributed by atoms with Crippen LogP contribution in [-0.4, -0.2) is 19.1 Å². The normalized spacial score (nSPS) is 15.1. The molecule has 1 aromatic heterocycles. The third-order valence-electron chi connectivity index (χ3n) is 5.67. The van der Waals surface area contributed by atoms with E-state index in [1.807, 2.05) is 6.07 Å². The summed E-state index contributed by atoms with van der Waals surface area (Å²) in [7, 11) is 0. The number of rotatable bonds is 4. The summed E-state index contributed by atoms with van der Waals surface area (Å²) in [6.45, 7) is 6.97. The Morgan fingerprint density at radius 3 is 2.61 bits per heavy atom. The summed E-state index contributed by atoms with van der Waals surface area (Å²) in [4.78, 5) is 14.7. The van der Waals surface area contributed by atoms with Crippen molar-refractivity contribution in [1.29, 1.82) is 0 Å². The van der Waals surface area contributed by atoms with E-state index in [9.17, 15) is 4.79 Å². The fourth-order valence-corrected chi connectivity index (χ4v) is 4.16. The van der Waals surface area contributed by atoms with Crippen molar-refractivity contribution < 1.29 is 4.42 Å². The van der Waals surface area contributed by atoms with E-state index in [0.717, 1.165) is 43.5 Å². The number of hydrogen-bond donors (Lipinski definition) is 1. The van der Waals surface area contributed by atoms with Crippen molar-refractivity contribution in [3.63, 3.8) is 0 Å². The minimum absolute atomic E-state index is 0.330. The number of benzene rings is 2. The summed E-state index contributed by atoms with van der Waals surface area (Å²) in [6.07, 6.45) is 2.07. The van der Waals surface area contributed by atoms with Gasteiger partial charge < -0.3 is 14.6 Å². The number of halogens is 1. The maximum atomic E-state index is 12.3. The average molecular weight is 397 g/mol. The molecule has 28 heavy (non-hydrogen) atoms. The molecule has 1 aliphatic heterocycles. The highest BCUT2D eigenvalue weighted by Crippen LogP contribution is 2.32. The lowest BCUT2D eigenvalue weighted by atomic mass is 10.0. The maximum Gasteiger partial charge on any atom is 0.338 e. The van der Waals surface area contributed by atoms with Crippen LogP contribution in [0.5, 0.6) is 0 Å². The van der Waals surface area contributed by atoms with Crippen molar-refractivity contribution >= 4 is 28.3 Å². The zero-order valence-corrected chi connectivity index (χ0v) is 17.1. The van der Waals surface area contributed by atoms with Gasteiger partial charge in [0.2, 0.25) is 0 Å². The number of hydrogen-bond acceptors (Lipinski definition) is 4. The first-order chi connectivity index (χ1) is 13.5. The van der Waals surface area contributed by atoms with Crippen LogP contribution in [0.4, 0.5) is 5.69 Å². The van der Waals surface area contributed by atoms with Gasteiger partial charge in [-0.05, 0) is 74.7 Å². The Kier molecular flexibility index (Phi) is 5.42. The first-order valence-corrected chi connectivity index (χ1v) is 10.2. The average Bonchev–Trinajstić information content (AvgIpc) is 2.69. The van der Waals surface area contributed by atoms with Crippen LogP contribution in [0.25, 0.3) is 11.0 Å². The van der Waals surface area contributed by atoms with Gasteiger partial charge in [-0.3, -0.25) is 0 Å². The molecule has 3 aromatic rings. The van der Waals surface area contributed by atoms with Crippen molar-refractivity contribution in [2.75, 3.05) is 18.0 Å². The molecule has 0 bridgehead atoms. The fourth-order valence-electron chi connectivity index (χ4n) is 3.98. The highest BCUT2D eigenvalue weighted by molar-refractivity contribution is 6.31. The van der Waals surface area contributed by atoms with Crippen LogP contribution in [0.15, 0.2) is 51.7 Å². The third kappa shape index (κ3) is 3.94. The SMILES string of the molecule is Cc1ccc(CN(c2cc(=O)oc3ccc(Cl)cc23)C2CCNCC2)cc1C. The molecule has 2 aromatic carbocycles. The molecule has 146 valence electrons. The second-order valence-corrected chi connectivity index (χ2v) is 8.06. The number of nitrogens with one attached hydrogen (secondary N) is 1. The Morgan fingerprint density at radius 1 is 1.07 bits per heavy atom. The highest BCUT2D eigenvalue weighted by atomic mass is 35.5. The highest BCUT2D eigenvalue weighted by Gasteiger charge is 2.24. The lowest BCUT2D eigenvalue weighted by Gasteiger charge is -2.37. The molecule has 0 atom stereocenters. The van der Waals surface area contributed by atoms with E-state index in [0.29, 0.717) is 16.6 Å². The summed E-state index contributed by atoms with van der Waals surface area (Å²) in [5, 5.41) is 4.95. The van der Waals surface area contributed by atoms with Gasteiger partial charge >= 0.3 is 5.63 Å². The number of fused-ring (bicyclic) bond motifs is 1. The number of piperidine rings is 1. The summed E-state index contributed by atoms with van der Waals surface area (Å²) >= 11 is 6.27. The van der Waals surface area contributed by atoms with Crippen LogP contribution in [0, 0.1) is 13.8 Å². The largest absolute Gasteiger partial charge is 0.423 e. The smallest absolute Gasteiger partial charge is 0.338 e. The zero-order chi connectivity index (χ0) is 19.7. The summed E-state index contributed by atoms with van der Waals surface area (Å²) in [5.41, 5.74) is 4.96. The molecular formula is C23H25ClN2O2. The van der Waals surface area contributed by atoms with E-state index in [-0.39, 0.29) is 5.63 Å². The predicted octanol–water partition coefficient (Wildman–Crippen LogP) is 4.82. The number of anilines is 1. The number of nitrogens with zero attached hydrogens (tertiary/aromatic N) is 1. The Balaban J connectivity index is 1.83. The molecule has 4 rings (SSSR count). The van der Waals surface area contributed by atoms with E-state index < -0.39 is 0 Å². The summed E-state index contributed by atoms with van der Waals surface area (Å²) in [5.74, 6) is 0. The van der Waals surface area contributed by atoms with E-state index >= 15 is 0 Å². The Labute approximate surface area is 170 Å². The number of aryl methyl sites for hydroxylation is 2. The molecule has 0 aliphatic carbocycles. The van der Waals surface area contributed by atoms with E-state index in [4.69, 9.17) is 16.0 Å². The second-order valence-electron chi connectivity index (χ2n) is 7.62. The van der Waals surface area contributed by atoms with Gasteiger partial charge in [0.15, 0.2) is 0 Å². The molecule has 5 heteroatoms. The van der Waals surface area contributed by atoms with Crippen LogP contribution in [0.1, 0.15) is 29.5 Å². The lowest BCUT2D eigenvalue weighted by Crippen LogP contribution is -2.43. The lowest BCUT2D eigenvalue weighted by molar-refractivity contribution is 0.428. The molecule has 1 fully saturated rings. The van der Waals surface area contributed by atoms with Crippen molar-refractivity contribution in [2.24, 2.45) is 0 Å². The minimum atomic E-state index is -0.330. The van der Waals surface area contributed by atoms with Crippen LogP contribution in [0.3, 0.4) is 0 Å². The van der Waals surface area contributed by atoms with E-state index in [2.05, 4.69) is 42.3 Å². The first-order valence-electron chi connectivity index (χ1n) is 9.78. The van der Waals surface area contributed by atoms with Crippen molar-refractivity contribution in [3.8, 4) is 0 Å². The standard InChI is InChI=1S/C23H25ClN2O2/c1-15-3-4-17(11-16(15)2)14-26(19-7-9-25-10-8-19)21-13-23(27)28-22-6-5-18(24)12-20(21)22/h3-6,11-13,19,25H,7-10,14H2,1-2H3. The Morgan fingerprint density at radius 2 is 1.86 bits per heavy atom. The monoisotopic (exact) mass is 396 g/mol. The quantitative estimate of drug-likeness (QED) is 0.642. The van der Waals surface area contributed by atoms with Gasteiger partial charge in [-0.25, -0.2) is 4.79 Å². The molecule has 1 saturated heterocycles. The maximum absolute atomic E-state index is 12.3. The van der Waals surface area contributed by atoms with Crippen LogP contribution in [-0.2, 0) is 6.54 Å². The minimum Gasteiger partial charge on any atom is -0.423 e. The summed E-state index contributed by atoms with van der Waals surface area (Å²) in [6, 6.07) is 14.0. The van der Waals surface area contributed by atoms with Crippen molar-refractivity contribution in [2.45, 2.75) is 39.3 Å². The molecule has 0 unspecified atom stereocenters. The first kappa shape index (κ1) is 19.0. The fraction of sp³-hybridized carbons (Fsp3) is 0.348. The van der Waals surface area contributed by atoms with Crippen LogP contribution >= 0.6 is 11.6 Å². The van der Waals surface area contributed by atoms with Gasteiger partial charge in [0.05, 0.1) is 5.69 Å². The van der Waals surface area contributed by atoms with Gasteiger partial charge in [0.25, 0.3) is 0 Å². The summed E-state index contributed by atoms with van der Waals surface area (Å²) < 4.78 is 5.43. The van der Waals surface area contributed by atoms with Gasteiger partial charge in [0, 0.05) is 29.1 Å². The van der Waals surface area contributed by atoms with Gasteiger partial charge in [0.1, 0.15) is 5.58 Å². The molecule has 0 spiro atoms. The van der Waals surface area contributed by atoms with Gasteiger partial charge in [-0.2, -0.15) is 0 Å². The predicted molar refractivity (Wildman–Crippen MR) is 115 cm³/mol. The second kappa shape index (κ2) is 7.98. The molecule has 0 amide bonds. The van der Waals surface area contributed by atoms with Crippen LogP contribution in [0.2, 0.25) is 5.02 Å². The molecular weight excluding hydrogens is 372 g/mol. The Bertz CT molecular complexity index is 1050. The van der Waals surface area contributed by atoms with Crippen LogP contribution < -0.4 is 15.8 Å². The van der Waals surface area contributed by atoms with E-state index in [1.54, 1.807) is 18.2 Å². The molecule has 0 saturated carbocycles. The molecule has 0 radical (unpaired) electrons. The van der Waals surface area contributed by atoms with E-state index in [1.165, 1.54) is 16.7 Å². The van der Waals surface area contributed by atoms with Crippen molar-refractivity contribution in [1.82, 2.24) is 5.32 Å². The molecule has 4 nitrogen and oxygen atoms in total. The zero-order valence-electron chi connectivity index (χ0n) is 16.3. The van der Waals surface area contributed by atoms with Crippen molar-refractivity contribution in [3.05, 3.63) is 74.6 Å². The van der Waals surface area contributed by atoms with Gasteiger partial charge in [-0.1, -0.05) is 29.8 Å².